The minimum absolute atomic E-state index is 0.0127. The Hall–Kier alpha value is -2.11. The second-order valence-corrected chi connectivity index (χ2v) is 3.93. The maximum Gasteiger partial charge on any atom is 0.305 e. The number of nitrogens with one attached hydrogen (secondary N) is 2. The van der Waals surface area contributed by atoms with Gasteiger partial charge < -0.3 is 15.7 Å². The van der Waals surface area contributed by atoms with Crippen LogP contribution < -0.4 is 10.6 Å². The molecule has 0 aromatic carbocycles. The molecular weight excluding hydrogens is 234 g/mol. The molecule has 1 amide bonds. The molecule has 6 heteroatoms. The maximum atomic E-state index is 11.6. The number of hydrogen-bond donors (Lipinski definition) is 3. The van der Waals surface area contributed by atoms with Crippen molar-refractivity contribution in [3.05, 3.63) is 24.0 Å². The lowest BCUT2D eigenvalue weighted by atomic mass is 10.2. The van der Waals surface area contributed by atoms with Crippen LogP contribution in [0.3, 0.4) is 0 Å². The van der Waals surface area contributed by atoms with Crippen LogP contribution in [-0.2, 0) is 4.79 Å². The normalized spacial score (nSPS) is 11.7. The van der Waals surface area contributed by atoms with Gasteiger partial charge in [-0.25, -0.2) is 0 Å². The van der Waals surface area contributed by atoms with Gasteiger partial charge in [0.25, 0.3) is 5.91 Å². The van der Waals surface area contributed by atoms with Gasteiger partial charge in [0.2, 0.25) is 0 Å². The van der Waals surface area contributed by atoms with E-state index in [0.29, 0.717) is 17.9 Å². The highest BCUT2D eigenvalue weighted by Gasteiger charge is 2.10. The number of carbonyl (C=O) groups is 2. The topological polar surface area (TPSA) is 91.3 Å². The zero-order chi connectivity index (χ0) is 13.5. The van der Waals surface area contributed by atoms with Crippen molar-refractivity contribution in [1.29, 1.82) is 0 Å². The van der Waals surface area contributed by atoms with Crippen LogP contribution in [0, 0.1) is 0 Å². The van der Waals surface area contributed by atoms with Crippen molar-refractivity contribution in [1.82, 2.24) is 10.3 Å². The lowest BCUT2D eigenvalue weighted by Crippen LogP contribution is -2.24. The van der Waals surface area contributed by atoms with Gasteiger partial charge in [-0.2, -0.15) is 0 Å². The lowest BCUT2D eigenvalue weighted by molar-refractivity contribution is -0.137. The summed E-state index contributed by atoms with van der Waals surface area (Å²) in [6, 6.07) is 3.08. The third-order valence-electron chi connectivity index (χ3n) is 2.22. The Morgan fingerprint density at radius 3 is 2.83 bits per heavy atom. The van der Waals surface area contributed by atoms with E-state index < -0.39 is 5.97 Å². The molecule has 6 nitrogen and oxygen atoms in total. The van der Waals surface area contributed by atoms with Crippen molar-refractivity contribution in [2.75, 3.05) is 11.9 Å². The molecule has 1 heterocycles. The second kappa shape index (κ2) is 6.58. The van der Waals surface area contributed by atoms with E-state index in [9.17, 15) is 9.59 Å². The Balaban J connectivity index is 2.70. The van der Waals surface area contributed by atoms with Crippen LogP contribution in [0.5, 0.6) is 0 Å². The number of anilines is 1. The summed E-state index contributed by atoms with van der Waals surface area (Å²) >= 11 is 0. The van der Waals surface area contributed by atoms with Gasteiger partial charge in [-0.3, -0.25) is 14.6 Å². The number of nitrogens with zero attached hydrogens (tertiary/aromatic N) is 1. The predicted octanol–water partition coefficient (Wildman–Crippen LogP) is 1.11. The fraction of sp³-hybridized carbons (Fsp3) is 0.417. The summed E-state index contributed by atoms with van der Waals surface area (Å²) in [4.78, 5) is 26.1. The van der Waals surface area contributed by atoms with Crippen LogP contribution >= 0.6 is 0 Å². The monoisotopic (exact) mass is 251 g/mol. The first-order chi connectivity index (χ1) is 8.52. The second-order valence-electron chi connectivity index (χ2n) is 3.93. The number of amides is 1. The summed E-state index contributed by atoms with van der Waals surface area (Å²) in [6.07, 6.45) is 1.53. The van der Waals surface area contributed by atoms with E-state index in [0.717, 1.165) is 0 Å². The molecule has 1 unspecified atom stereocenters. The predicted molar refractivity (Wildman–Crippen MR) is 67.6 cm³/mol. The summed E-state index contributed by atoms with van der Waals surface area (Å²) in [6.45, 7) is 4.13. The van der Waals surface area contributed by atoms with Crippen LogP contribution in [0.4, 0.5) is 5.69 Å². The van der Waals surface area contributed by atoms with E-state index in [1.165, 1.54) is 6.20 Å². The molecule has 0 radical (unpaired) electrons. The summed E-state index contributed by atoms with van der Waals surface area (Å²) < 4.78 is 0. The Labute approximate surface area is 105 Å². The van der Waals surface area contributed by atoms with Crippen molar-refractivity contribution in [3.63, 3.8) is 0 Å². The molecule has 0 bridgehead atoms. The van der Waals surface area contributed by atoms with Gasteiger partial charge in [-0.15, -0.1) is 0 Å². The van der Waals surface area contributed by atoms with Crippen LogP contribution in [0.15, 0.2) is 18.3 Å². The standard InChI is InChI=1S/C12H17N3O3/c1-3-13-12(18)10-7-9(4-5-14-10)15-8(2)6-11(16)17/h4-5,7-8H,3,6H2,1-2H3,(H,13,18)(H,14,15)(H,16,17). The van der Waals surface area contributed by atoms with Gasteiger partial charge in [0, 0.05) is 24.5 Å². The Morgan fingerprint density at radius 1 is 1.50 bits per heavy atom. The van der Waals surface area contributed by atoms with Crippen LogP contribution in [0.2, 0.25) is 0 Å². The van der Waals surface area contributed by atoms with Gasteiger partial charge in [-0.05, 0) is 26.0 Å². The molecule has 0 fully saturated rings. The van der Waals surface area contributed by atoms with E-state index >= 15 is 0 Å². The number of pyridine rings is 1. The van der Waals surface area contributed by atoms with Crippen molar-refractivity contribution < 1.29 is 14.7 Å². The molecule has 1 aromatic heterocycles. The van der Waals surface area contributed by atoms with Crippen LogP contribution in [-0.4, -0.2) is 34.6 Å². The fourth-order valence-corrected chi connectivity index (χ4v) is 1.49. The number of hydrogen-bond acceptors (Lipinski definition) is 4. The molecule has 0 aliphatic heterocycles. The van der Waals surface area contributed by atoms with Crippen LogP contribution in [0.25, 0.3) is 0 Å². The van der Waals surface area contributed by atoms with E-state index in [1.54, 1.807) is 19.1 Å². The number of aliphatic carboxylic acids is 1. The average Bonchev–Trinajstić information content (AvgIpc) is 2.28. The third kappa shape index (κ3) is 4.40. The van der Waals surface area contributed by atoms with Gasteiger partial charge in [0.15, 0.2) is 0 Å². The maximum absolute atomic E-state index is 11.6. The zero-order valence-electron chi connectivity index (χ0n) is 10.4. The van der Waals surface area contributed by atoms with Crippen molar-refractivity contribution in [2.24, 2.45) is 0 Å². The summed E-state index contributed by atoms with van der Waals surface area (Å²) in [5.41, 5.74) is 0.990. The van der Waals surface area contributed by atoms with Gasteiger partial charge in [-0.1, -0.05) is 0 Å². The molecule has 0 saturated heterocycles. The molecule has 98 valence electrons. The first-order valence-corrected chi connectivity index (χ1v) is 5.75. The Kier molecular flexibility index (Phi) is 5.10. The molecule has 3 N–H and O–H groups in total. The molecule has 0 aliphatic carbocycles. The first kappa shape index (κ1) is 14.0. The van der Waals surface area contributed by atoms with E-state index in [1.807, 2.05) is 6.92 Å². The number of carbonyl (C=O) groups excluding carboxylic acids is 1. The molecular formula is C12H17N3O3. The van der Waals surface area contributed by atoms with Gasteiger partial charge in [0.1, 0.15) is 5.69 Å². The highest BCUT2D eigenvalue weighted by molar-refractivity contribution is 5.93. The van der Waals surface area contributed by atoms with Crippen LogP contribution in [0.1, 0.15) is 30.8 Å². The Morgan fingerprint density at radius 2 is 2.22 bits per heavy atom. The largest absolute Gasteiger partial charge is 0.481 e. The quantitative estimate of drug-likeness (QED) is 0.704. The highest BCUT2D eigenvalue weighted by Crippen LogP contribution is 2.10. The van der Waals surface area contributed by atoms with Crippen molar-refractivity contribution in [3.8, 4) is 0 Å². The van der Waals surface area contributed by atoms with E-state index in [-0.39, 0.29) is 18.4 Å². The minimum atomic E-state index is -0.868. The summed E-state index contributed by atoms with van der Waals surface area (Å²) in [5.74, 6) is -1.11. The minimum Gasteiger partial charge on any atom is -0.481 e. The molecule has 1 rings (SSSR count). The van der Waals surface area contributed by atoms with E-state index in [4.69, 9.17) is 5.11 Å². The van der Waals surface area contributed by atoms with Gasteiger partial charge in [0.05, 0.1) is 6.42 Å². The zero-order valence-corrected chi connectivity index (χ0v) is 10.4. The van der Waals surface area contributed by atoms with E-state index in [2.05, 4.69) is 15.6 Å². The highest BCUT2D eigenvalue weighted by atomic mass is 16.4. The van der Waals surface area contributed by atoms with Crippen molar-refractivity contribution in [2.45, 2.75) is 26.3 Å². The number of rotatable bonds is 6. The molecule has 0 aliphatic rings. The molecule has 0 spiro atoms. The van der Waals surface area contributed by atoms with Crippen molar-refractivity contribution >= 4 is 17.6 Å². The fourth-order valence-electron chi connectivity index (χ4n) is 1.49. The number of carboxylic acids is 1. The molecule has 0 saturated carbocycles. The lowest BCUT2D eigenvalue weighted by Gasteiger charge is -2.13. The third-order valence-corrected chi connectivity index (χ3v) is 2.22. The molecule has 1 aromatic rings. The molecule has 1 atom stereocenters. The average molecular weight is 251 g/mol. The number of aromatic nitrogens is 1. The summed E-state index contributed by atoms with van der Waals surface area (Å²) in [5, 5.41) is 14.3. The number of carboxylic acid groups (broad SMARTS) is 1. The Bertz CT molecular complexity index is 434. The molecule has 18 heavy (non-hydrogen) atoms. The van der Waals surface area contributed by atoms with Gasteiger partial charge >= 0.3 is 5.97 Å². The summed E-state index contributed by atoms with van der Waals surface area (Å²) in [7, 11) is 0. The smallest absolute Gasteiger partial charge is 0.305 e. The first-order valence-electron chi connectivity index (χ1n) is 5.75. The SMILES string of the molecule is CCNC(=O)c1cc(NC(C)CC(=O)O)ccn1.